The molecule has 2 aliphatic heterocycles. The van der Waals surface area contributed by atoms with Crippen molar-refractivity contribution in [2.75, 3.05) is 30.3 Å². The quantitative estimate of drug-likeness (QED) is 0.250. The van der Waals surface area contributed by atoms with Crippen molar-refractivity contribution in [2.45, 2.75) is 90.6 Å². The van der Waals surface area contributed by atoms with Crippen LogP contribution in [0.4, 0.5) is 11.4 Å². The first-order chi connectivity index (χ1) is 21.1. The average molecular weight is 612 g/mol. The van der Waals surface area contributed by atoms with Crippen LogP contribution in [0.25, 0.3) is 0 Å². The Bertz CT molecular complexity index is 1520. The Labute approximate surface area is 269 Å². The number of aliphatic hydroxyl groups excluding tert-OH is 2. The summed E-state index contributed by atoms with van der Waals surface area (Å²) in [6.45, 7) is 15.6. The van der Waals surface area contributed by atoms with Gasteiger partial charge in [0, 0.05) is 58.1 Å². The second kappa shape index (κ2) is 13.6. The first-order valence-electron chi connectivity index (χ1n) is 16.5. The molecule has 0 bridgehead atoms. The van der Waals surface area contributed by atoms with Gasteiger partial charge in [0.05, 0.1) is 18.1 Å². The molecule has 2 N–H and O–H groups in total. The third-order valence-corrected chi connectivity index (χ3v) is 10.8. The van der Waals surface area contributed by atoms with Crippen LogP contribution in [0, 0.1) is 0 Å². The number of allylic oxidation sites excluding steroid dienone is 7. The van der Waals surface area contributed by atoms with E-state index >= 15 is 0 Å². The molecule has 1 atom stereocenters. The summed E-state index contributed by atoms with van der Waals surface area (Å²) in [5.41, 5.74) is 10.6. The minimum atomic E-state index is -0.736. The molecule has 0 saturated carbocycles. The van der Waals surface area contributed by atoms with Crippen LogP contribution >= 0.6 is 11.8 Å². The van der Waals surface area contributed by atoms with E-state index in [4.69, 9.17) is 0 Å². The van der Waals surface area contributed by atoms with E-state index in [1.54, 1.807) is 11.8 Å². The van der Waals surface area contributed by atoms with E-state index in [0.717, 1.165) is 45.2 Å². The van der Waals surface area contributed by atoms with Crippen LogP contribution < -0.4 is 4.90 Å². The van der Waals surface area contributed by atoms with E-state index in [1.807, 2.05) is 0 Å². The van der Waals surface area contributed by atoms with Crippen molar-refractivity contribution in [1.82, 2.24) is 0 Å². The molecule has 1 unspecified atom stereocenters. The van der Waals surface area contributed by atoms with Gasteiger partial charge in [-0.15, -0.1) is 11.8 Å². The Morgan fingerprint density at radius 1 is 0.909 bits per heavy atom. The van der Waals surface area contributed by atoms with Crippen LogP contribution in [0.5, 0.6) is 0 Å². The average Bonchev–Trinajstić information content (AvgIpc) is 3.37. The molecule has 5 rings (SSSR count). The molecule has 44 heavy (non-hydrogen) atoms. The van der Waals surface area contributed by atoms with Crippen molar-refractivity contribution < 1.29 is 14.8 Å². The zero-order valence-electron chi connectivity index (χ0n) is 27.6. The SMILES string of the molecule is CCCN1C(=CC=C2CCCC(C=CC3=[N+](CCC)c4ccccc4C3(C)C)=C2SCC(O)CO)C(C)(C)c2ccccc21. The summed E-state index contributed by atoms with van der Waals surface area (Å²) < 4.78 is 2.50. The van der Waals surface area contributed by atoms with Crippen LogP contribution in [-0.4, -0.2) is 52.1 Å². The van der Waals surface area contributed by atoms with Gasteiger partial charge in [0.15, 0.2) is 5.71 Å². The Morgan fingerprint density at radius 2 is 1.64 bits per heavy atom. The first-order valence-corrected chi connectivity index (χ1v) is 17.5. The number of para-hydroxylation sites is 2. The van der Waals surface area contributed by atoms with E-state index in [1.165, 1.54) is 50.0 Å². The van der Waals surface area contributed by atoms with Crippen molar-refractivity contribution in [3.8, 4) is 0 Å². The zero-order chi connectivity index (χ0) is 31.5. The van der Waals surface area contributed by atoms with Gasteiger partial charge in [-0.25, -0.2) is 0 Å². The van der Waals surface area contributed by atoms with E-state index in [9.17, 15) is 10.2 Å². The maximum absolute atomic E-state index is 10.3. The summed E-state index contributed by atoms with van der Waals surface area (Å²) in [6.07, 6.45) is 14.0. The topological polar surface area (TPSA) is 46.7 Å². The molecule has 3 aliphatic rings. The lowest BCUT2D eigenvalue weighted by Gasteiger charge is -2.27. The molecule has 5 heteroatoms. The molecule has 234 valence electrons. The van der Waals surface area contributed by atoms with Gasteiger partial charge in [0.2, 0.25) is 5.69 Å². The first kappa shape index (κ1) is 32.5. The van der Waals surface area contributed by atoms with E-state index < -0.39 is 6.10 Å². The molecule has 0 spiro atoms. The van der Waals surface area contributed by atoms with Gasteiger partial charge in [0.25, 0.3) is 0 Å². The maximum Gasteiger partial charge on any atom is 0.209 e. The van der Waals surface area contributed by atoms with Gasteiger partial charge in [-0.3, -0.25) is 0 Å². The smallest absolute Gasteiger partial charge is 0.209 e. The fourth-order valence-corrected chi connectivity index (χ4v) is 8.38. The van der Waals surface area contributed by atoms with Crippen LogP contribution in [0.3, 0.4) is 0 Å². The van der Waals surface area contributed by atoms with Gasteiger partial charge < -0.3 is 15.1 Å². The van der Waals surface area contributed by atoms with Crippen molar-refractivity contribution in [2.24, 2.45) is 0 Å². The largest absolute Gasteiger partial charge is 0.394 e. The van der Waals surface area contributed by atoms with Crippen molar-refractivity contribution in [3.63, 3.8) is 0 Å². The van der Waals surface area contributed by atoms with Gasteiger partial charge in [0.1, 0.15) is 6.54 Å². The van der Waals surface area contributed by atoms with E-state index in [-0.39, 0.29) is 17.4 Å². The summed E-state index contributed by atoms with van der Waals surface area (Å²) in [5, 5.41) is 19.9. The Morgan fingerprint density at radius 3 is 2.36 bits per heavy atom. The number of thioether (sulfide) groups is 1. The normalized spacial score (nSPS) is 21.6. The molecule has 2 heterocycles. The van der Waals surface area contributed by atoms with Gasteiger partial charge in [-0.1, -0.05) is 76.2 Å². The number of anilines is 1. The molecule has 0 amide bonds. The minimum absolute atomic E-state index is 0.0766. The highest BCUT2D eigenvalue weighted by Crippen LogP contribution is 2.48. The summed E-state index contributed by atoms with van der Waals surface area (Å²) in [5.74, 6) is 0.478. The Balaban J connectivity index is 1.56. The predicted molar refractivity (Wildman–Crippen MR) is 188 cm³/mol. The van der Waals surface area contributed by atoms with Crippen molar-refractivity contribution in [1.29, 1.82) is 0 Å². The van der Waals surface area contributed by atoms with Gasteiger partial charge in [-0.2, -0.15) is 4.58 Å². The Kier molecular flexibility index (Phi) is 10.1. The molecule has 2 aromatic rings. The maximum atomic E-state index is 10.3. The molecule has 1 aliphatic carbocycles. The van der Waals surface area contributed by atoms with Crippen molar-refractivity contribution in [3.05, 3.63) is 106 Å². The highest BCUT2D eigenvalue weighted by molar-refractivity contribution is 8.03. The van der Waals surface area contributed by atoms with Crippen LogP contribution in [0.1, 0.15) is 84.8 Å². The molecular weight excluding hydrogens is 561 g/mol. The third-order valence-electron chi connectivity index (χ3n) is 9.48. The number of hydrogen-bond acceptors (Lipinski definition) is 4. The fraction of sp³-hybridized carbons (Fsp3) is 0.462. The third kappa shape index (κ3) is 6.16. The highest BCUT2D eigenvalue weighted by Gasteiger charge is 2.44. The predicted octanol–water partition coefficient (Wildman–Crippen LogP) is 8.57. The lowest BCUT2D eigenvalue weighted by molar-refractivity contribution is -0.437. The summed E-state index contributed by atoms with van der Waals surface area (Å²) in [4.78, 5) is 3.75. The number of benzene rings is 2. The van der Waals surface area contributed by atoms with E-state index in [2.05, 4.69) is 124 Å². The molecule has 0 aromatic heterocycles. The lowest BCUT2D eigenvalue weighted by Crippen LogP contribution is -2.28. The van der Waals surface area contributed by atoms with Gasteiger partial charge >= 0.3 is 0 Å². The van der Waals surface area contributed by atoms with Gasteiger partial charge in [-0.05, 0) is 68.4 Å². The highest BCUT2D eigenvalue weighted by atomic mass is 32.2. The number of rotatable bonds is 11. The minimum Gasteiger partial charge on any atom is -0.394 e. The molecule has 0 saturated heterocycles. The standard InChI is InChI=1S/C39H51N2O2S/c1-7-24-40-33-18-11-9-16-31(33)38(3,4)35(40)22-20-28-14-13-15-29(37(28)44-27-30(43)26-42)21-23-36-39(5,6)32-17-10-12-19-34(32)41(36)25-8-2/h9-12,16-23,30,42-43H,7-8,13-15,24-27H2,1-6H3/q+1. The van der Waals surface area contributed by atoms with Crippen LogP contribution in [0.15, 0.2) is 94.6 Å². The summed E-state index contributed by atoms with van der Waals surface area (Å²) in [7, 11) is 0. The molecule has 0 fully saturated rings. The van der Waals surface area contributed by atoms with Crippen molar-refractivity contribution >= 4 is 28.8 Å². The number of fused-ring (bicyclic) bond motifs is 2. The number of nitrogens with zero attached hydrogens (tertiary/aromatic N) is 2. The van der Waals surface area contributed by atoms with Crippen LogP contribution in [-0.2, 0) is 10.8 Å². The number of aliphatic hydroxyl groups is 2. The monoisotopic (exact) mass is 611 g/mol. The lowest BCUT2D eigenvalue weighted by atomic mass is 9.81. The molecule has 2 aromatic carbocycles. The summed E-state index contributed by atoms with van der Waals surface area (Å²) in [6, 6.07) is 17.6. The second-order valence-corrected chi connectivity index (χ2v) is 14.4. The van der Waals surface area contributed by atoms with E-state index in [0.29, 0.717) is 5.75 Å². The molecular formula is C39H51N2O2S+. The fourth-order valence-electron chi connectivity index (χ4n) is 7.21. The molecule has 4 nitrogen and oxygen atoms in total. The number of hydrogen-bond donors (Lipinski definition) is 2. The summed E-state index contributed by atoms with van der Waals surface area (Å²) >= 11 is 1.69. The Hall–Kier alpha value is -2.86. The zero-order valence-corrected chi connectivity index (χ0v) is 28.4. The second-order valence-electron chi connectivity index (χ2n) is 13.4. The molecule has 0 radical (unpaired) electrons. The van der Waals surface area contributed by atoms with Crippen LogP contribution in [0.2, 0.25) is 0 Å².